The lowest BCUT2D eigenvalue weighted by molar-refractivity contribution is 0.0734. The standard InChI is InChI=1S/C13H13N5OS/c1-9(10-3-4-14-8-15-10)17(2)12(19)11-7-18-5-6-20-13(18)16-11/h3-9H,1-2H3/t9-/m1/s1. The van der Waals surface area contributed by atoms with Gasteiger partial charge in [0, 0.05) is 31.0 Å². The fourth-order valence-corrected chi connectivity index (χ4v) is 2.63. The zero-order chi connectivity index (χ0) is 14.1. The maximum Gasteiger partial charge on any atom is 0.274 e. The number of amides is 1. The molecule has 3 rings (SSSR count). The summed E-state index contributed by atoms with van der Waals surface area (Å²) >= 11 is 1.50. The Balaban J connectivity index is 1.84. The highest BCUT2D eigenvalue weighted by Gasteiger charge is 2.22. The summed E-state index contributed by atoms with van der Waals surface area (Å²) in [5, 5.41) is 1.93. The molecule has 0 unspecified atom stereocenters. The van der Waals surface area contributed by atoms with E-state index >= 15 is 0 Å². The van der Waals surface area contributed by atoms with E-state index in [2.05, 4.69) is 15.0 Å². The molecule has 3 heterocycles. The highest BCUT2D eigenvalue weighted by molar-refractivity contribution is 7.15. The maximum atomic E-state index is 12.4. The summed E-state index contributed by atoms with van der Waals surface area (Å²) in [6, 6.07) is 1.67. The normalized spacial score (nSPS) is 12.5. The molecule has 0 aliphatic carbocycles. The highest BCUT2D eigenvalue weighted by atomic mass is 32.1. The number of imidazole rings is 1. The van der Waals surface area contributed by atoms with Crippen LogP contribution < -0.4 is 0 Å². The van der Waals surface area contributed by atoms with E-state index < -0.39 is 0 Å². The molecule has 0 saturated heterocycles. The fourth-order valence-electron chi connectivity index (χ4n) is 1.93. The van der Waals surface area contributed by atoms with Crippen molar-refractivity contribution in [1.29, 1.82) is 0 Å². The van der Waals surface area contributed by atoms with Crippen LogP contribution in [0.5, 0.6) is 0 Å². The summed E-state index contributed by atoms with van der Waals surface area (Å²) in [7, 11) is 1.75. The zero-order valence-electron chi connectivity index (χ0n) is 11.1. The van der Waals surface area contributed by atoms with Crippen LogP contribution in [0.3, 0.4) is 0 Å². The van der Waals surface area contributed by atoms with Crippen LogP contribution in [0.1, 0.15) is 29.1 Å². The van der Waals surface area contributed by atoms with Crippen LogP contribution in [0.2, 0.25) is 0 Å². The second-order valence-corrected chi connectivity index (χ2v) is 5.32. The van der Waals surface area contributed by atoms with Gasteiger partial charge in [0.2, 0.25) is 0 Å². The van der Waals surface area contributed by atoms with Gasteiger partial charge in [0.25, 0.3) is 5.91 Å². The van der Waals surface area contributed by atoms with Crippen LogP contribution in [0.4, 0.5) is 0 Å². The smallest absolute Gasteiger partial charge is 0.274 e. The molecule has 0 aliphatic rings. The predicted octanol–water partition coefficient (Wildman–Crippen LogP) is 2.02. The van der Waals surface area contributed by atoms with Gasteiger partial charge in [-0.2, -0.15) is 0 Å². The lowest BCUT2D eigenvalue weighted by atomic mass is 10.2. The lowest BCUT2D eigenvalue weighted by Gasteiger charge is -2.23. The molecule has 7 heteroatoms. The number of hydrogen-bond donors (Lipinski definition) is 0. The predicted molar refractivity (Wildman–Crippen MR) is 75.6 cm³/mol. The number of hydrogen-bond acceptors (Lipinski definition) is 5. The van der Waals surface area contributed by atoms with Gasteiger partial charge < -0.3 is 4.90 Å². The molecule has 1 amide bonds. The second kappa shape index (κ2) is 5.01. The Labute approximate surface area is 119 Å². The van der Waals surface area contributed by atoms with Gasteiger partial charge in [-0.1, -0.05) is 0 Å². The topological polar surface area (TPSA) is 63.4 Å². The highest BCUT2D eigenvalue weighted by Crippen LogP contribution is 2.19. The van der Waals surface area contributed by atoms with Gasteiger partial charge >= 0.3 is 0 Å². The number of aromatic nitrogens is 4. The van der Waals surface area contributed by atoms with Crippen molar-refractivity contribution in [3.63, 3.8) is 0 Å². The number of carbonyl (C=O) groups excluding carboxylic acids is 1. The molecule has 0 N–H and O–H groups in total. The van der Waals surface area contributed by atoms with Crippen LogP contribution in [0.15, 0.2) is 36.4 Å². The first kappa shape index (κ1) is 12.7. The Bertz CT molecular complexity index is 707. The molecule has 0 saturated carbocycles. The van der Waals surface area contributed by atoms with Crippen molar-refractivity contribution in [3.8, 4) is 0 Å². The number of rotatable bonds is 3. The summed E-state index contributed by atoms with van der Waals surface area (Å²) in [5.41, 5.74) is 1.25. The molecule has 0 radical (unpaired) electrons. The molecule has 102 valence electrons. The molecule has 0 spiro atoms. The van der Waals surface area contributed by atoms with Crippen LogP contribution in [-0.2, 0) is 0 Å². The molecule has 6 nitrogen and oxygen atoms in total. The Morgan fingerprint density at radius 3 is 3.05 bits per heavy atom. The summed E-state index contributed by atoms with van der Waals surface area (Å²) < 4.78 is 1.85. The van der Waals surface area contributed by atoms with Gasteiger partial charge in [0.15, 0.2) is 4.96 Å². The van der Waals surface area contributed by atoms with E-state index in [1.54, 1.807) is 30.4 Å². The van der Waals surface area contributed by atoms with Crippen molar-refractivity contribution < 1.29 is 4.79 Å². The summed E-state index contributed by atoms with van der Waals surface area (Å²) in [5.74, 6) is -0.119. The van der Waals surface area contributed by atoms with Gasteiger partial charge in [0.05, 0.1) is 11.7 Å². The summed E-state index contributed by atoms with van der Waals surface area (Å²) in [6.45, 7) is 1.93. The molecule has 0 aliphatic heterocycles. The van der Waals surface area contributed by atoms with Crippen LogP contribution >= 0.6 is 11.3 Å². The summed E-state index contributed by atoms with van der Waals surface area (Å²) in [4.78, 5) is 27.3. The van der Waals surface area contributed by atoms with E-state index in [-0.39, 0.29) is 11.9 Å². The first-order chi connectivity index (χ1) is 9.66. The monoisotopic (exact) mass is 287 g/mol. The lowest BCUT2D eigenvalue weighted by Crippen LogP contribution is -2.30. The van der Waals surface area contributed by atoms with Crippen LogP contribution in [-0.4, -0.2) is 37.2 Å². The van der Waals surface area contributed by atoms with E-state index in [1.165, 1.54) is 17.7 Å². The van der Waals surface area contributed by atoms with Crippen molar-refractivity contribution in [2.45, 2.75) is 13.0 Å². The van der Waals surface area contributed by atoms with Gasteiger partial charge in [-0.15, -0.1) is 11.3 Å². The Morgan fingerprint density at radius 1 is 1.50 bits per heavy atom. The fraction of sp³-hybridized carbons (Fsp3) is 0.231. The second-order valence-electron chi connectivity index (χ2n) is 4.45. The van der Waals surface area contributed by atoms with Gasteiger partial charge in [-0.25, -0.2) is 15.0 Å². The molecule has 20 heavy (non-hydrogen) atoms. The molecular weight excluding hydrogens is 274 g/mol. The van der Waals surface area contributed by atoms with Crippen molar-refractivity contribution in [3.05, 3.63) is 47.8 Å². The Kier molecular flexibility index (Phi) is 3.19. The van der Waals surface area contributed by atoms with Crippen molar-refractivity contribution >= 4 is 22.2 Å². The number of fused-ring (bicyclic) bond motifs is 1. The summed E-state index contributed by atoms with van der Waals surface area (Å²) in [6.07, 6.45) is 6.79. The van der Waals surface area contributed by atoms with Crippen LogP contribution in [0, 0.1) is 0 Å². The molecule has 1 atom stereocenters. The Morgan fingerprint density at radius 2 is 2.35 bits per heavy atom. The molecule has 0 bridgehead atoms. The molecule has 0 fully saturated rings. The van der Waals surface area contributed by atoms with Crippen molar-refractivity contribution in [1.82, 2.24) is 24.3 Å². The van der Waals surface area contributed by atoms with Crippen LogP contribution in [0.25, 0.3) is 4.96 Å². The minimum absolute atomic E-state index is 0.119. The first-order valence-corrected chi connectivity index (χ1v) is 7.00. The minimum atomic E-state index is -0.134. The molecule has 3 aromatic rings. The van der Waals surface area contributed by atoms with Gasteiger partial charge in [-0.05, 0) is 13.0 Å². The average Bonchev–Trinajstić information content (AvgIpc) is 3.07. The van der Waals surface area contributed by atoms with E-state index in [4.69, 9.17) is 0 Å². The minimum Gasteiger partial charge on any atom is -0.332 e. The average molecular weight is 287 g/mol. The number of carbonyl (C=O) groups is 1. The third kappa shape index (κ3) is 2.16. The van der Waals surface area contributed by atoms with Crippen molar-refractivity contribution in [2.75, 3.05) is 7.05 Å². The SMILES string of the molecule is C[C@H](c1ccncn1)N(C)C(=O)c1cn2ccsc2n1. The van der Waals surface area contributed by atoms with Gasteiger partial charge in [-0.3, -0.25) is 9.20 Å². The third-order valence-corrected chi connectivity index (χ3v) is 4.02. The molecular formula is C13H13N5OS. The third-order valence-electron chi connectivity index (χ3n) is 3.25. The van der Waals surface area contributed by atoms with E-state index in [0.717, 1.165) is 10.7 Å². The largest absolute Gasteiger partial charge is 0.332 e. The van der Waals surface area contributed by atoms with Crippen molar-refractivity contribution in [2.24, 2.45) is 0 Å². The van der Waals surface area contributed by atoms with Gasteiger partial charge in [0.1, 0.15) is 12.0 Å². The first-order valence-electron chi connectivity index (χ1n) is 6.12. The maximum absolute atomic E-state index is 12.4. The molecule has 3 aromatic heterocycles. The Hall–Kier alpha value is -2.28. The van der Waals surface area contributed by atoms with E-state index in [0.29, 0.717) is 5.69 Å². The molecule has 0 aromatic carbocycles. The number of thiazole rings is 1. The quantitative estimate of drug-likeness (QED) is 0.739. The van der Waals surface area contributed by atoms with E-state index in [1.807, 2.05) is 22.9 Å². The number of nitrogens with zero attached hydrogens (tertiary/aromatic N) is 5. The van der Waals surface area contributed by atoms with E-state index in [9.17, 15) is 4.79 Å². The zero-order valence-corrected chi connectivity index (χ0v) is 11.9.